The van der Waals surface area contributed by atoms with Crippen LogP contribution in [0.5, 0.6) is 0 Å². The molecule has 3 nitrogen and oxygen atoms in total. The van der Waals surface area contributed by atoms with Gasteiger partial charge in [0.1, 0.15) is 0 Å². The summed E-state index contributed by atoms with van der Waals surface area (Å²) in [6.07, 6.45) is 7.47. The molecule has 0 aliphatic heterocycles. The van der Waals surface area contributed by atoms with Gasteiger partial charge >= 0.3 is 0 Å². The van der Waals surface area contributed by atoms with Gasteiger partial charge in [-0.05, 0) is 38.1 Å². The third-order valence-electron chi connectivity index (χ3n) is 3.63. The Kier molecular flexibility index (Phi) is 7.01. The SMILES string of the molecule is CCCC(CCO)CNC1CCCCC1O. The summed E-state index contributed by atoms with van der Waals surface area (Å²) in [6, 6.07) is 0.284. The van der Waals surface area contributed by atoms with Crippen LogP contribution in [0.3, 0.4) is 0 Å². The van der Waals surface area contributed by atoms with Crippen molar-refractivity contribution in [3.05, 3.63) is 0 Å². The van der Waals surface area contributed by atoms with Crippen molar-refractivity contribution >= 4 is 0 Å². The summed E-state index contributed by atoms with van der Waals surface area (Å²) in [4.78, 5) is 0. The van der Waals surface area contributed by atoms with E-state index in [9.17, 15) is 5.11 Å². The molecule has 0 aromatic carbocycles. The maximum absolute atomic E-state index is 9.83. The molecule has 0 aromatic rings. The first-order valence-corrected chi connectivity index (χ1v) is 6.80. The van der Waals surface area contributed by atoms with Gasteiger partial charge < -0.3 is 15.5 Å². The van der Waals surface area contributed by atoms with Crippen LogP contribution in [-0.4, -0.2) is 35.5 Å². The van der Waals surface area contributed by atoms with E-state index < -0.39 is 0 Å². The lowest BCUT2D eigenvalue weighted by Crippen LogP contribution is -2.44. The van der Waals surface area contributed by atoms with E-state index in [1.54, 1.807) is 0 Å². The van der Waals surface area contributed by atoms with Crippen LogP contribution in [0.4, 0.5) is 0 Å². The predicted octanol–water partition coefficient (Wildman–Crippen LogP) is 1.68. The van der Waals surface area contributed by atoms with Gasteiger partial charge in [0, 0.05) is 12.6 Å². The van der Waals surface area contributed by atoms with Gasteiger partial charge in [0.15, 0.2) is 0 Å². The second-order valence-electron chi connectivity index (χ2n) is 5.03. The van der Waals surface area contributed by atoms with Gasteiger partial charge in [-0.1, -0.05) is 26.2 Å². The second-order valence-corrected chi connectivity index (χ2v) is 5.03. The van der Waals surface area contributed by atoms with Crippen molar-refractivity contribution in [3.63, 3.8) is 0 Å². The maximum atomic E-state index is 9.83. The first kappa shape index (κ1) is 13.9. The van der Waals surface area contributed by atoms with E-state index in [4.69, 9.17) is 5.11 Å². The molecule has 1 aliphatic rings. The summed E-state index contributed by atoms with van der Waals surface area (Å²) >= 11 is 0. The number of hydrogen-bond acceptors (Lipinski definition) is 3. The molecule has 1 saturated carbocycles. The molecular formula is C13H27NO2. The summed E-state index contributed by atoms with van der Waals surface area (Å²) < 4.78 is 0. The fraction of sp³-hybridized carbons (Fsp3) is 1.00. The van der Waals surface area contributed by atoms with Crippen molar-refractivity contribution in [2.75, 3.05) is 13.2 Å². The molecule has 96 valence electrons. The fourth-order valence-corrected chi connectivity index (χ4v) is 2.61. The Morgan fingerprint density at radius 1 is 1.25 bits per heavy atom. The molecule has 3 atom stereocenters. The molecule has 0 spiro atoms. The summed E-state index contributed by atoms with van der Waals surface area (Å²) in [7, 11) is 0. The van der Waals surface area contributed by atoms with E-state index in [-0.39, 0.29) is 18.8 Å². The summed E-state index contributed by atoms with van der Waals surface area (Å²) in [6.45, 7) is 3.40. The number of rotatable bonds is 7. The minimum Gasteiger partial charge on any atom is -0.396 e. The highest BCUT2D eigenvalue weighted by Gasteiger charge is 2.23. The van der Waals surface area contributed by atoms with Crippen LogP contribution in [0.2, 0.25) is 0 Å². The molecule has 1 aliphatic carbocycles. The highest BCUT2D eigenvalue weighted by Crippen LogP contribution is 2.19. The van der Waals surface area contributed by atoms with Gasteiger partial charge in [-0.25, -0.2) is 0 Å². The Morgan fingerprint density at radius 2 is 2.00 bits per heavy atom. The van der Waals surface area contributed by atoms with Crippen LogP contribution in [0, 0.1) is 5.92 Å². The molecule has 0 radical (unpaired) electrons. The quantitative estimate of drug-likeness (QED) is 0.622. The normalized spacial score (nSPS) is 27.9. The zero-order chi connectivity index (χ0) is 11.8. The van der Waals surface area contributed by atoms with Crippen molar-refractivity contribution in [2.45, 2.75) is 64.0 Å². The van der Waals surface area contributed by atoms with Crippen LogP contribution in [0.15, 0.2) is 0 Å². The van der Waals surface area contributed by atoms with Crippen LogP contribution < -0.4 is 5.32 Å². The molecule has 0 aromatic heterocycles. The summed E-state index contributed by atoms with van der Waals surface area (Å²) in [5.74, 6) is 0.559. The van der Waals surface area contributed by atoms with Gasteiger partial charge in [0.05, 0.1) is 6.10 Å². The monoisotopic (exact) mass is 229 g/mol. The van der Waals surface area contributed by atoms with E-state index >= 15 is 0 Å². The Morgan fingerprint density at radius 3 is 2.62 bits per heavy atom. The van der Waals surface area contributed by atoms with Crippen molar-refractivity contribution in [1.82, 2.24) is 5.32 Å². The van der Waals surface area contributed by atoms with Crippen molar-refractivity contribution in [3.8, 4) is 0 Å². The molecular weight excluding hydrogens is 202 g/mol. The lowest BCUT2D eigenvalue weighted by Gasteiger charge is -2.30. The van der Waals surface area contributed by atoms with Crippen LogP contribution in [-0.2, 0) is 0 Å². The summed E-state index contributed by atoms with van der Waals surface area (Å²) in [5, 5.41) is 22.3. The second kappa shape index (κ2) is 8.04. The Hall–Kier alpha value is -0.120. The largest absolute Gasteiger partial charge is 0.396 e. The van der Waals surface area contributed by atoms with Gasteiger partial charge in [0.25, 0.3) is 0 Å². The molecule has 0 bridgehead atoms. The number of aliphatic hydroxyl groups excluding tert-OH is 2. The van der Waals surface area contributed by atoms with Crippen LogP contribution in [0.1, 0.15) is 51.9 Å². The number of hydrogen-bond donors (Lipinski definition) is 3. The standard InChI is InChI=1S/C13H27NO2/c1-2-5-11(8-9-15)10-14-12-6-3-4-7-13(12)16/h11-16H,2-10H2,1H3. The molecule has 16 heavy (non-hydrogen) atoms. The van der Waals surface area contributed by atoms with E-state index in [1.165, 1.54) is 12.8 Å². The molecule has 1 fully saturated rings. The minimum absolute atomic E-state index is 0.162. The molecule has 3 unspecified atom stereocenters. The highest BCUT2D eigenvalue weighted by molar-refractivity contribution is 4.81. The lowest BCUT2D eigenvalue weighted by molar-refractivity contribution is 0.0876. The van der Waals surface area contributed by atoms with E-state index in [0.717, 1.165) is 38.6 Å². The highest BCUT2D eigenvalue weighted by atomic mass is 16.3. The zero-order valence-corrected chi connectivity index (χ0v) is 10.5. The van der Waals surface area contributed by atoms with Gasteiger partial charge in [0.2, 0.25) is 0 Å². The first-order valence-electron chi connectivity index (χ1n) is 6.80. The van der Waals surface area contributed by atoms with E-state index in [1.807, 2.05) is 0 Å². The van der Waals surface area contributed by atoms with E-state index in [0.29, 0.717) is 5.92 Å². The average molecular weight is 229 g/mol. The Labute approximate surface area is 99.3 Å². The summed E-state index contributed by atoms with van der Waals surface area (Å²) in [5.41, 5.74) is 0. The average Bonchev–Trinajstić information content (AvgIpc) is 2.28. The first-order chi connectivity index (χ1) is 7.77. The third kappa shape index (κ3) is 4.81. The molecule has 3 N–H and O–H groups in total. The van der Waals surface area contributed by atoms with Crippen LogP contribution in [0.25, 0.3) is 0 Å². The molecule has 3 heteroatoms. The maximum Gasteiger partial charge on any atom is 0.0693 e. The lowest BCUT2D eigenvalue weighted by atomic mass is 9.91. The minimum atomic E-state index is -0.162. The van der Waals surface area contributed by atoms with Crippen molar-refractivity contribution in [2.24, 2.45) is 5.92 Å². The molecule has 0 amide bonds. The molecule has 0 heterocycles. The fourth-order valence-electron chi connectivity index (χ4n) is 2.61. The van der Waals surface area contributed by atoms with Gasteiger partial charge in [-0.3, -0.25) is 0 Å². The molecule has 0 saturated heterocycles. The van der Waals surface area contributed by atoms with Crippen LogP contribution >= 0.6 is 0 Å². The predicted molar refractivity (Wildman–Crippen MR) is 66.4 cm³/mol. The smallest absolute Gasteiger partial charge is 0.0693 e. The van der Waals surface area contributed by atoms with E-state index in [2.05, 4.69) is 12.2 Å². The zero-order valence-electron chi connectivity index (χ0n) is 10.5. The van der Waals surface area contributed by atoms with Crippen molar-refractivity contribution < 1.29 is 10.2 Å². The Bertz CT molecular complexity index is 169. The van der Waals surface area contributed by atoms with Gasteiger partial charge in [-0.15, -0.1) is 0 Å². The third-order valence-corrected chi connectivity index (χ3v) is 3.63. The topological polar surface area (TPSA) is 52.5 Å². The van der Waals surface area contributed by atoms with Gasteiger partial charge in [-0.2, -0.15) is 0 Å². The number of aliphatic hydroxyl groups is 2. The molecule has 1 rings (SSSR count). The van der Waals surface area contributed by atoms with Crippen molar-refractivity contribution in [1.29, 1.82) is 0 Å². The number of nitrogens with one attached hydrogen (secondary N) is 1. The Balaban J connectivity index is 2.23.